The Morgan fingerprint density at radius 1 is 1.22 bits per heavy atom. The number of nitrogens with two attached hydrogens (primary N) is 1. The first-order valence-corrected chi connectivity index (χ1v) is 9.55. The lowest BCUT2D eigenvalue weighted by atomic mass is 10.2. The summed E-state index contributed by atoms with van der Waals surface area (Å²) < 4.78 is 17.9. The zero-order chi connectivity index (χ0) is 19.6. The molecule has 6 N–H and O–H groups in total. The molecule has 12 heteroatoms. The predicted molar refractivity (Wildman–Crippen MR) is 97.0 cm³/mol. The van der Waals surface area contributed by atoms with Crippen molar-refractivity contribution >= 4 is 29.9 Å². The fourth-order valence-corrected chi connectivity index (χ4v) is 2.99. The van der Waals surface area contributed by atoms with Crippen LogP contribution in [0.1, 0.15) is 12.0 Å². The van der Waals surface area contributed by atoms with Crippen LogP contribution in [0, 0.1) is 0 Å². The summed E-state index contributed by atoms with van der Waals surface area (Å²) in [5.41, 5.74) is 6.53. The standard InChI is InChI=1S/C15H18N5O6P/c16-12-11-13(19-14(18-12)26-7-1-6-21)20(15(22)17-11)8-9-2-4-10(5-3-9)27(23,24)25/h2-5,21H,1,6-8H2,(H,17,22)(H2,16,18,19)(H2,23,24,25). The molecule has 3 rings (SSSR count). The number of aromatic nitrogens is 4. The number of aromatic amines is 1. The fourth-order valence-electron chi connectivity index (χ4n) is 2.45. The van der Waals surface area contributed by atoms with Crippen LogP contribution in [0.3, 0.4) is 0 Å². The van der Waals surface area contributed by atoms with Crippen LogP contribution in [0.5, 0.6) is 6.01 Å². The predicted octanol–water partition coefficient (Wildman–Crippen LogP) is -0.686. The Kier molecular flexibility index (Phi) is 5.29. The Hall–Kier alpha value is -2.72. The van der Waals surface area contributed by atoms with Crippen molar-refractivity contribution < 1.29 is 24.2 Å². The van der Waals surface area contributed by atoms with Crippen LogP contribution in [0.2, 0.25) is 0 Å². The molecule has 1 aromatic carbocycles. The molecule has 2 aromatic heterocycles. The molecule has 0 fully saturated rings. The highest BCUT2D eigenvalue weighted by molar-refractivity contribution is 7.60. The maximum absolute atomic E-state index is 12.3. The number of fused-ring (bicyclic) bond motifs is 1. The van der Waals surface area contributed by atoms with Crippen molar-refractivity contribution in [2.75, 3.05) is 18.9 Å². The molecule has 11 nitrogen and oxygen atoms in total. The van der Waals surface area contributed by atoms with Gasteiger partial charge >= 0.3 is 19.3 Å². The van der Waals surface area contributed by atoms with Gasteiger partial charge in [0, 0.05) is 13.0 Å². The summed E-state index contributed by atoms with van der Waals surface area (Å²) in [5.74, 6) is 0.0479. The van der Waals surface area contributed by atoms with Gasteiger partial charge in [0.25, 0.3) is 0 Å². The molecular formula is C15H18N5O6P. The number of aliphatic hydroxyl groups excluding tert-OH is 1. The molecule has 0 aliphatic heterocycles. The quantitative estimate of drug-likeness (QED) is 0.256. The molecule has 0 bridgehead atoms. The number of nitrogens with zero attached hydrogens (tertiary/aromatic N) is 3. The summed E-state index contributed by atoms with van der Waals surface area (Å²) >= 11 is 0. The SMILES string of the molecule is Nc1nc(OCCCO)nc2c1[nH]c(=O)n2Cc1ccc(P(=O)(O)O)cc1. The van der Waals surface area contributed by atoms with E-state index in [4.69, 9.17) is 25.4 Å². The second kappa shape index (κ2) is 7.49. The largest absolute Gasteiger partial charge is 0.463 e. The molecule has 2 heterocycles. The van der Waals surface area contributed by atoms with E-state index < -0.39 is 13.3 Å². The molecule has 0 saturated heterocycles. The molecule has 27 heavy (non-hydrogen) atoms. The van der Waals surface area contributed by atoms with E-state index in [0.29, 0.717) is 12.0 Å². The van der Waals surface area contributed by atoms with Gasteiger partial charge in [-0.1, -0.05) is 12.1 Å². The van der Waals surface area contributed by atoms with Crippen molar-refractivity contribution in [3.05, 3.63) is 40.3 Å². The highest BCUT2D eigenvalue weighted by Gasteiger charge is 2.18. The third-order valence-corrected chi connectivity index (χ3v) is 4.75. The Labute approximate surface area is 152 Å². The summed E-state index contributed by atoms with van der Waals surface area (Å²) in [6.45, 7) is 0.254. The Balaban J connectivity index is 1.95. The number of benzene rings is 1. The van der Waals surface area contributed by atoms with Gasteiger partial charge in [0.15, 0.2) is 11.5 Å². The smallest absolute Gasteiger partial charge is 0.356 e. The fraction of sp³-hybridized carbons (Fsp3) is 0.267. The Morgan fingerprint density at radius 3 is 2.56 bits per heavy atom. The highest BCUT2D eigenvalue weighted by atomic mass is 31.2. The third-order valence-electron chi connectivity index (χ3n) is 3.78. The average molecular weight is 395 g/mol. The van der Waals surface area contributed by atoms with Crippen LogP contribution in [0.4, 0.5) is 5.82 Å². The van der Waals surface area contributed by atoms with Gasteiger partial charge in [0.1, 0.15) is 5.52 Å². The molecule has 0 spiro atoms. The van der Waals surface area contributed by atoms with Crippen LogP contribution >= 0.6 is 7.60 Å². The molecule has 0 saturated carbocycles. The van der Waals surface area contributed by atoms with Gasteiger partial charge in [-0.2, -0.15) is 9.97 Å². The van der Waals surface area contributed by atoms with E-state index in [0.717, 1.165) is 0 Å². The van der Waals surface area contributed by atoms with Gasteiger partial charge in [-0.3, -0.25) is 9.13 Å². The van der Waals surface area contributed by atoms with E-state index in [9.17, 15) is 9.36 Å². The van der Waals surface area contributed by atoms with E-state index in [2.05, 4.69) is 15.0 Å². The molecule has 0 atom stereocenters. The van der Waals surface area contributed by atoms with Crippen molar-refractivity contribution in [2.45, 2.75) is 13.0 Å². The van der Waals surface area contributed by atoms with Crippen LogP contribution in [-0.4, -0.2) is 47.6 Å². The lowest BCUT2D eigenvalue weighted by Gasteiger charge is -2.08. The monoisotopic (exact) mass is 395 g/mol. The number of anilines is 1. The first kappa shape index (κ1) is 19.1. The molecule has 0 radical (unpaired) electrons. The van der Waals surface area contributed by atoms with Crippen molar-refractivity contribution in [2.24, 2.45) is 0 Å². The van der Waals surface area contributed by atoms with Crippen molar-refractivity contribution in [3.63, 3.8) is 0 Å². The summed E-state index contributed by atoms with van der Waals surface area (Å²) in [6.07, 6.45) is 0.396. The van der Waals surface area contributed by atoms with Crippen molar-refractivity contribution in [1.29, 1.82) is 0 Å². The maximum atomic E-state index is 12.3. The first-order valence-electron chi connectivity index (χ1n) is 7.94. The number of hydrogen-bond donors (Lipinski definition) is 5. The van der Waals surface area contributed by atoms with Gasteiger partial charge in [-0.05, 0) is 17.7 Å². The number of nitrogen functional groups attached to an aromatic ring is 1. The minimum Gasteiger partial charge on any atom is -0.463 e. The number of aliphatic hydroxyl groups is 1. The number of hydrogen-bond acceptors (Lipinski definition) is 7. The second-order valence-electron chi connectivity index (χ2n) is 5.74. The summed E-state index contributed by atoms with van der Waals surface area (Å²) in [6, 6.07) is 5.63. The number of imidazole rings is 1. The minimum atomic E-state index is -4.33. The number of H-pyrrole nitrogens is 1. The molecule has 0 aliphatic rings. The topological polar surface area (TPSA) is 177 Å². The van der Waals surface area contributed by atoms with Crippen molar-refractivity contribution in [1.82, 2.24) is 19.5 Å². The van der Waals surface area contributed by atoms with Gasteiger partial charge in [-0.25, -0.2) is 4.79 Å². The van der Waals surface area contributed by atoms with Crippen LogP contribution in [0.15, 0.2) is 29.1 Å². The normalized spacial score (nSPS) is 11.8. The summed E-state index contributed by atoms with van der Waals surface area (Å²) in [4.78, 5) is 41.3. The third kappa shape index (κ3) is 4.17. The van der Waals surface area contributed by atoms with E-state index in [-0.39, 0.29) is 48.1 Å². The summed E-state index contributed by atoms with van der Waals surface area (Å²) in [7, 11) is -4.33. The van der Waals surface area contributed by atoms with Crippen LogP contribution in [0.25, 0.3) is 11.2 Å². The van der Waals surface area contributed by atoms with Crippen LogP contribution < -0.4 is 21.5 Å². The maximum Gasteiger partial charge on any atom is 0.356 e. The average Bonchev–Trinajstić information content (AvgIpc) is 2.92. The lowest BCUT2D eigenvalue weighted by Crippen LogP contribution is -2.18. The molecule has 0 aliphatic carbocycles. The van der Waals surface area contributed by atoms with E-state index in [1.54, 1.807) is 0 Å². The van der Waals surface area contributed by atoms with E-state index >= 15 is 0 Å². The zero-order valence-corrected chi connectivity index (χ0v) is 15.0. The molecular weight excluding hydrogens is 377 g/mol. The lowest BCUT2D eigenvalue weighted by molar-refractivity contribution is 0.225. The Bertz CT molecular complexity index is 1050. The second-order valence-corrected chi connectivity index (χ2v) is 7.35. The molecule has 0 unspecified atom stereocenters. The first-order chi connectivity index (χ1) is 12.8. The number of ether oxygens (including phenoxy) is 1. The minimum absolute atomic E-state index is 0.0157. The van der Waals surface area contributed by atoms with Gasteiger partial charge in [0.05, 0.1) is 18.5 Å². The van der Waals surface area contributed by atoms with E-state index in [1.807, 2.05) is 0 Å². The van der Waals surface area contributed by atoms with Gasteiger partial charge < -0.3 is 30.3 Å². The van der Waals surface area contributed by atoms with Crippen molar-refractivity contribution in [3.8, 4) is 6.01 Å². The highest BCUT2D eigenvalue weighted by Crippen LogP contribution is 2.32. The molecule has 0 amide bonds. The van der Waals surface area contributed by atoms with Gasteiger partial charge in [0.2, 0.25) is 0 Å². The summed E-state index contributed by atoms with van der Waals surface area (Å²) in [5, 5.41) is 8.70. The number of rotatable bonds is 7. The molecule has 144 valence electrons. The number of nitrogens with one attached hydrogen (secondary N) is 1. The zero-order valence-electron chi connectivity index (χ0n) is 14.1. The Morgan fingerprint density at radius 2 is 1.93 bits per heavy atom. The van der Waals surface area contributed by atoms with Crippen LogP contribution in [-0.2, 0) is 11.1 Å². The molecule has 3 aromatic rings. The van der Waals surface area contributed by atoms with Gasteiger partial charge in [-0.15, -0.1) is 0 Å². The van der Waals surface area contributed by atoms with E-state index in [1.165, 1.54) is 28.8 Å².